The van der Waals surface area contributed by atoms with E-state index >= 15 is 0 Å². The molecule has 124 valence electrons. The standard InChI is InChI=1S/C15H16BrF2N3O2/c1-8-6-11(23-15(17)18)4-5-13(8)19-14(22)10(3)21-7-12(16)9(2)20-21/h4-7,10,15H,1-3H3,(H,19,22). The lowest BCUT2D eigenvalue weighted by Gasteiger charge is -2.15. The number of carbonyl (C=O) groups is 1. The van der Waals surface area contributed by atoms with E-state index in [-0.39, 0.29) is 11.7 Å². The van der Waals surface area contributed by atoms with Crippen LogP contribution in [0, 0.1) is 13.8 Å². The normalized spacial score (nSPS) is 12.3. The van der Waals surface area contributed by atoms with Crippen molar-refractivity contribution in [3.05, 3.63) is 40.1 Å². The Hall–Kier alpha value is -1.96. The van der Waals surface area contributed by atoms with Crippen molar-refractivity contribution in [1.82, 2.24) is 9.78 Å². The van der Waals surface area contributed by atoms with E-state index in [1.165, 1.54) is 18.2 Å². The van der Waals surface area contributed by atoms with E-state index in [4.69, 9.17) is 0 Å². The molecule has 0 aliphatic heterocycles. The minimum Gasteiger partial charge on any atom is -0.435 e. The van der Waals surface area contributed by atoms with Crippen LogP contribution < -0.4 is 10.1 Å². The van der Waals surface area contributed by atoms with Gasteiger partial charge in [0.1, 0.15) is 11.8 Å². The molecule has 5 nitrogen and oxygen atoms in total. The Morgan fingerprint density at radius 1 is 1.39 bits per heavy atom. The summed E-state index contributed by atoms with van der Waals surface area (Å²) < 4.78 is 31.1. The van der Waals surface area contributed by atoms with Gasteiger partial charge in [-0.05, 0) is 60.5 Å². The Bertz CT molecular complexity index is 699. The quantitative estimate of drug-likeness (QED) is 0.841. The zero-order valence-electron chi connectivity index (χ0n) is 12.8. The molecule has 1 N–H and O–H groups in total. The summed E-state index contributed by atoms with van der Waals surface area (Å²) in [6, 6.07) is 3.84. The van der Waals surface area contributed by atoms with Crippen molar-refractivity contribution in [2.75, 3.05) is 5.32 Å². The van der Waals surface area contributed by atoms with Crippen molar-refractivity contribution >= 4 is 27.5 Å². The van der Waals surface area contributed by atoms with Crippen LogP contribution in [0.25, 0.3) is 0 Å². The van der Waals surface area contributed by atoms with Crippen molar-refractivity contribution in [1.29, 1.82) is 0 Å². The molecular weight excluding hydrogens is 372 g/mol. The first-order chi connectivity index (χ1) is 10.8. The Morgan fingerprint density at radius 3 is 2.61 bits per heavy atom. The van der Waals surface area contributed by atoms with E-state index in [0.717, 1.165) is 10.2 Å². The largest absolute Gasteiger partial charge is 0.435 e. The maximum atomic E-state index is 12.3. The third kappa shape index (κ3) is 4.28. The molecule has 1 atom stereocenters. The fourth-order valence-electron chi connectivity index (χ4n) is 1.97. The first kappa shape index (κ1) is 17.4. The summed E-state index contributed by atoms with van der Waals surface area (Å²) in [4.78, 5) is 12.3. The second kappa shape index (κ2) is 7.08. The fourth-order valence-corrected chi connectivity index (χ4v) is 2.26. The molecule has 8 heteroatoms. The van der Waals surface area contributed by atoms with Gasteiger partial charge in [0.05, 0.1) is 10.2 Å². The number of nitrogens with zero attached hydrogens (tertiary/aromatic N) is 2. The molecule has 1 aromatic carbocycles. The van der Waals surface area contributed by atoms with Crippen LogP contribution in [-0.2, 0) is 4.79 Å². The second-order valence-electron chi connectivity index (χ2n) is 5.06. The number of benzene rings is 1. The number of nitrogens with one attached hydrogen (secondary N) is 1. The van der Waals surface area contributed by atoms with Gasteiger partial charge in [0, 0.05) is 11.9 Å². The first-order valence-electron chi connectivity index (χ1n) is 6.85. The number of aryl methyl sites for hydroxylation is 2. The van der Waals surface area contributed by atoms with Crippen LogP contribution in [0.4, 0.5) is 14.5 Å². The van der Waals surface area contributed by atoms with Gasteiger partial charge in [-0.3, -0.25) is 9.48 Å². The van der Waals surface area contributed by atoms with Gasteiger partial charge >= 0.3 is 6.61 Å². The monoisotopic (exact) mass is 387 g/mol. The summed E-state index contributed by atoms with van der Waals surface area (Å²) >= 11 is 3.35. The van der Waals surface area contributed by atoms with E-state index in [2.05, 4.69) is 31.1 Å². The molecule has 23 heavy (non-hydrogen) atoms. The summed E-state index contributed by atoms with van der Waals surface area (Å²) in [5.74, 6) is -0.208. The zero-order valence-corrected chi connectivity index (χ0v) is 14.4. The van der Waals surface area contributed by atoms with Gasteiger partial charge in [-0.2, -0.15) is 13.9 Å². The number of carbonyl (C=O) groups excluding carboxylic acids is 1. The Balaban J connectivity index is 2.10. The minimum absolute atomic E-state index is 0.0511. The van der Waals surface area contributed by atoms with E-state index in [1.54, 1.807) is 24.7 Å². The maximum Gasteiger partial charge on any atom is 0.387 e. The van der Waals surface area contributed by atoms with Crippen LogP contribution in [0.15, 0.2) is 28.9 Å². The highest BCUT2D eigenvalue weighted by molar-refractivity contribution is 9.10. The molecule has 0 aliphatic carbocycles. The highest BCUT2D eigenvalue weighted by atomic mass is 79.9. The Labute approximate surface area is 140 Å². The van der Waals surface area contributed by atoms with Crippen molar-refractivity contribution in [2.24, 2.45) is 0 Å². The molecular formula is C15H16BrF2N3O2. The van der Waals surface area contributed by atoms with Gasteiger partial charge in [0.25, 0.3) is 0 Å². The molecule has 0 fully saturated rings. The van der Waals surface area contributed by atoms with Gasteiger partial charge in [-0.25, -0.2) is 0 Å². The zero-order chi connectivity index (χ0) is 17.1. The SMILES string of the molecule is Cc1cc(OC(F)F)ccc1NC(=O)C(C)n1cc(Br)c(C)n1. The van der Waals surface area contributed by atoms with Crippen LogP contribution in [-0.4, -0.2) is 22.3 Å². The molecule has 1 aromatic heterocycles. The molecule has 0 spiro atoms. The van der Waals surface area contributed by atoms with Gasteiger partial charge in [0.2, 0.25) is 5.91 Å². The average molecular weight is 388 g/mol. The number of hydrogen-bond donors (Lipinski definition) is 1. The molecule has 0 radical (unpaired) electrons. The average Bonchev–Trinajstić information content (AvgIpc) is 2.80. The second-order valence-corrected chi connectivity index (χ2v) is 5.92. The molecule has 0 saturated heterocycles. The minimum atomic E-state index is -2.88. The molecule has 0 aliphatic rings. The number of halogens is 3. The highest BCUT2D eigenvalue weighted by Gasteiger charge is 2.18. The summed E-state index contributed by atoms with van der Waals surface area (Å²) in [5, 5.41) is 7.01. The Morgan fingerprint density at radius 2 is 2.09 bits per heavy atom. The maximum absolute atomic E-state index is 12.3. The van der Waals surface area contributed by atoms with Gasteiger partial charge < -0.3 is 10.1 Å². The van der Waals surface area contributed by atoms with Gasteiger partial charge in [-0.15, -0.1) is 0 Å². The molecule has 2 rings (SSSR count). The number of hydrogen-bond acceptors (Lipinski definition) is 3. The summed E-state index contributed by atoms with van der Waals surface area (Å²) in [5.41, 5.74) is 1.95. The van der Waals surface area contributed by atoms with Gasteiger partial charge in [0.15, 0.2) is 0 Å². The number of amides is 1. The topological polar surface area (TPSA) is 56.1 Å². The number of alkyl halides is 2. The number of aromatic nitrogens is 2. The van der Waals surface area contributed by atoms with Gasteiger partial charge in [-0.1, -0.05) is 0 Å². The number of anilines is 1. The van der Waals surface area contributed by atoms with E-state index < -0.39 is 12.7 Å². The van der Waals surface area contributed by atoms with Crippen LogP contribution in [0.2, 0.25) is 0 Å². The van der Waals surface area contributed by atoms with E-state index in [9.17, 15) is 13.6 Å². The van der Waals surface area contributed by atoms with Crippen molar-refractivity contribution in [3.63, 3.8) is 0 Å². The number of ether oxygens (including phenoxy) is 1. The van der Waals surface area contributed by atoms with Crippen LogP contribution in [0.5, 0.6) is 5.75 Å². The summed E-state index contributed by atoms with van der Waals surface area (Å²) in [7, 11) is 0. The molecule has 0 bridgehead atoms. The highest BCUT2D eigenvalue weighted by Crippen LogP contribution is 2.24. The fraction of sp³-hybridized carbons (Fsp3) is 0.333. The lowest BCUT2D eigenvalue weighted by atomic mass is 10.2. The molecule has 1 heterocycles. The Kier molecular flexibility index (Phi) is 5.35. The smallest absolute Gasteiger partial charge is 0.387 e. The third-order valence-corrected chi connectivity index (χ3v) is 4.09. The molecule has 2 aromatic rings. The number of rotatable bonds is 5. The molecule has 1 amide bonds. The van der Waals surface area contributed by atoms with Crippen LogP contribution in [0.3, 0.4) is 0 Å². The predicted molar refractivity (Wildman–Crippen MR) is 85.8 cm³/mol. The van der Waals surface area contributed by atoms with E-state index in [1.807, 2.05) is 6.92 Å². The van der Waals surface area contributed by atoms with Crippen LogP contribution in [0.1, 0.15) is 24.2 Å². The van der Waals surface area contributed by atoms with Crippen molar-refractivity contribution < 1.29 is 18.3 Å². The lowest BCUT2D eigenvalue weighted by molar-refractivity contribution is -0.119. The van der Waals surface area contributed by atoms with Crippen LogP contribution >= 0.6 is 15.9 Å². The van der Waals surface area contributed by atoms with Crippen molar-refractivity contribution in [3.8, 4) is 5.75 Å². The summed E-state index contributed by atoms with van der Waals surface area (Å²) in [6.07, 6.45) is 1.73. The van der Waals surface area contributed by atoms with Crippen molar-refractivity contribution in [2.45, 2.75) is 33.4 Å². The summed E-state index contributed by atoms with van der Waals surface area (Å²) in [6.45, 7) is 2.37. The predicted octanol–water partition coefficient (Wildman–Crippen LogP) is 4.06. The third-order valence-electron chi connectivity index (χ3n) is 3.31. The van der Waals surface area contributed by atoms with E-state index in [0.29, 0.717) is 11.3 Å². The molecule has 0 saturated carbocycles. The first-order valence-corrected chi connectivity index (χ1v) is 7.65. The lowest BCUT2D eigenvalue weighted by Crippen LogP contribution is -2.24. The molecule has 1 unspecified atom stereocenters.